The average Bonchev–Trinajstić information content (AvgIpc) is 2.74. The van der Waals surface area contributed by atoms with E-state index in [2.05, 4.69) is 6.92 Å². The SMILES string of the molecule is CCCCCCOC1CCC(C2CCC(c3ccc(CC(F)(F)F)cc3)CC2)CC1. The molecule has 2 saturated carbocycles. The molecule has 0 spiro atoms. The van der Waals surface area contributed by atoms with Gasteiger partial charge in [0, 0.05) is 6.61 Å². The summed E-state index contributed by atoms with van der Waals surface area (Å²) >= 11 is 0. The molecule has 1 aromatic carbocycles. The van der Waals surface area contributed by atoms with Crippen LogP contribution in [0, 0.1) is 11.8 Å². The Kier molecular flexibility index (Phi) is 9.10. The van der Waals surface area contributed by atoms with Gasteiger partial charge in [-0.1, -0.05) is 50.5 Å². The molecule has 4 heteroatoms. The Bertz CT molecular complexity index is 594. The van der Waals surface area contributed by atoms with E-state index in [0.717, 1.165) is 18.4 Å². The highest BCUT2D eigenvalue weighted by molar-refractivity contribution is 5.26. The first-order chi connectivity index (χ1) is 14.4. The zero-order chi connectivity index (χ0) is 21.4. The molecule has 0 amide bonds. The van der Waals surface area contributed by atoms with Crippen molar-refractivity contribution in [2.45, 2.75) is 109 Å². The third kappa shape index (κ3) is 7.59. The summed E-state index contributed by atoms with van der Waals surface area (Å²) in [4.78, 5) is 0. The number of hydrogen-bond donors (Lipinski definition) is 0. The van der Waals surface area contributed by atoms with Crippen LogP contribution in [0.15, 0.2) is 24.3 Å². The van der Waals surface area contributed by atoms with Crippen molar-refractivity contribution in [2.75, 3.05) is 6.61 Å². The highest BCUT2D eigenvalue weighted by atomic mass is 19.4. The van der Waals surface area contributed by atoms with Crippen molar-refractivity contribution in [3.8, 4) is 0 Å². The molecule has 0 unspecified atom stereocenters. The third-order valence-corrected chi connectivity index (χ3v) is 7.36. The number of rotatable bonds is 9. The first-order valence-corrected chi connectivity index (χ1v) is 12.2. The van der Waals surface area contributed by atoms with E-state index in [-0.39, 0.29) is 0 Å². The van der Waals surface area contributed by atoms with Crippen molar-refractivity contribution in [3.63, 3.8) is 0 Å². The van der Waals surface area contributed by atoms with E-state index in [1.807, 2.05) is 12.1 Å². The van der Waals surface area contributed by atoms with Gasteiger partial charge < -0.3 is 4.74 Å². The first kappa shape index (κ1) is 23.6. The Balaban J connectivity index is 1.36. The van der Waals surface area contributed by atoms with E-state index < -0.39 is 12.6 Å². The lowest BCUT2D eigenvalue weighted by molar-refractivity contribution is -0.127. The van der Waals surface area contributed by atoms with Crippen LogP contribution in [0.3, 0.4) is 0 Å². The zero-order valence-electron chi connectivity index (χ0n) is 18.6. The predicted octanol–water partition coefficient (Wildman–Crippen LogP) is 8.22. The average molecular weight is 425 g/mol. The van der Waals surface area contributed by atoms with Crippen LogP contribution in [-0.2, 0) is 11.2 Å². The van der Waals surface area contributed by atoms with Gasteiger partial charge in [0.05, 0.1) is 12.5 Å². The zero-order valence-corrected chi connectivity index (χ0v) is 18.6. The molecule has 0 N–H and O–H groups in total. The summed E-state index contributed by atoms with van der Waals surface area (Å²) in [5.74, 6) is 2.19. The van der Waals surface area contributed by atoms with Crippen LogP contribution >= 0.6 is 0 Å². The number of halogens is 3. The van der Waals surface area contributed by atoms with Crippen molar-refractivity contribution in [3.05, 3.63) is 35.4 Å². The monoisotopic (exact) mass is 424 g/mol. The molecule has 0 aliphatic heterocycles. The van der Waals surface area contributed by atoms with Gasteiger partial charge in [-0.25, -0.2) is 0 Å². The van der Waals surface area contributed by atoms with E-state index >= 15 is 0 Å². The van der Waals surface area contributed by atoms with Gasteiger partial charge in [0.1, 0.15) is 0 Å². The minimum atomic E-state index is -4.13. The fourth-order valence-corrected chi connectivity index (χ4v) is 5.57. The predicted molar refractivity (Wildman–Crippen MR) is 117 cm³/mol. The molecule has 30 heavy (non-hydrogen) atoms. The molecule has 0 atom stereocenters. The fourth-order valence-electron chi connectivity index (χ4n) is 5.57. The van der Waals surface area contributed by atoms with Gasteiger partial charge in [-0.3, -0.25) is 0 Å². The number of alkyl halides is 3. The molecule has 0 radical (unpaired) electrons. The molecule has 1 aromatic rings. The molecule has 0 aromatic heterocycles. The van der Waals surface area contributed by atoms with Crippen LogP contribution in [0.5, 0.6) is 0 Å². The molecule has 2 fully saturated rings. The van der Waals surface area contributed by atoms with E-state index in [9.17, 15) is 13.2 Å². The summed E-state index contributed by atoms with van der Waals surface area (Å²) in [5.41, 5.74) is 1.59. The van der Waals surface area contributed by atoms with E-state index in [1.165, 1.54) is 82.6 Å². The summed E-state index contributed by atoms with van der Waals surface area (Å²) < 4.78 is 43.7. The third-order valence-electron chi connectivity index (χ3n) is 7.36. The van der Waals surface area contributed by atoms with Crippen molar-refractivity contribution in [1.29, 1.82) is 0 Å². The second-order valence-corrected chi connectivity index (χ2v) is 9.61. The number of hydrogen-bond acceptors (Lipinski definition) is 1. The normalized spacial score (nSPS) is 27.9. The van der Waals surface area contributed by atoms with Gasteiger partial charge >= 0.3 is 6.18 Å². The topological polar surface area (TPSA) is 9.23 Å². The van der Waals surface area contributed by atoms with E-state index in [1.54, 1.807) is 12.1 Å². The maximum Gasteiger partial charge on any atom is 0.393 e. The van der Waals surface area contributed by atoms with Crippen molar-refractivity contribution in [2.24, 2.45) is 11.8 Å². The van der Waals surface area contributed by atoms with Crippen molar-refractivity contribution in [1.82, 2.24) is 0 Å². The molecule has 3 rings (SSSR count). The molecule has 0 bridgehead atoms. The Morgan fingerprint density at radius 1 is 0.800 bits per heavy atom. The van der Waals surface area contributed by atoms with Crippen LogP contribution in [0.25, 0.3) is 0 Å². The second-order valence-electron chi connectivity index (χ2n) is 9.61. The fraction of sp³-hybridized carbons (Fsp3) is 0.769. The summed E-state index contributed by atoms with van der Waals surface area (Å²) in [6.45, 7) is 3.17. The second kappa shape index (κ2) is 11.5. The lowest BCUT2D eigenvalue weighted by Crippen LogP contribution is -2.28. The quantitative estimate of drug-likeness (QED) is 0.363. The van der Waals surface area contributed by atoms with Gasteiger partial charge in [-0.2, -0.15) is 13.2 Å². The number of benzene rings is 1. The largest absolute Gasteiger partial charge is 0.393 e. The van der Waals surface area contributed by atoms with Gasteiger partial charge in [-0.05, 0) is 86.7 Å². The summed E-state index contributed by atoms with van der Waals surface area (Å²) in [6.07, 6.45) is 10.6. The maximum atomic E-state index is 12.5. The number of unbranched alkanes of at least 4 members (excludes halogenated alkanes) is 3. The van der Waals surface area contributed by atoms with Gasteiger partial charge in [0.2, 0.25) is 0 Å². The highest BCUT2D eigenvalue weighted by Crippen LogP contribution is 2.43. The van der Waals surface area contributed by atoms with Gasteiger partial charge in [0.15, 0.2) is 0 Å². The van der Waals surface area contributed by atoms with Crippen LogP contribution in [0.4, 0.5) is 13.2 Å². The molecule has 0 heterocycles. The van der Waals surface area contributed by atoms with Crippen molar-refractivity contribution >= 4 is 0 Å². The van der Waals surface area contributed by atoms with Crippen LogP contribution in [0.2, 0.25) is 0 Å². The minimum Gasteiger partial charge on any atom is -0.378 e. The van der Waals surface area contributed by atoms with Crippen LogP contribution in [0.1, 0.15) is 101 Å². The summed E-state index contributed by atoms with van der Waals surface area (Å²) in [7, 11) is 0. The molecule has 2 aliphatic carbocycles. The van der Waals surface area contributed by atoms with Gasteiger partial charge in [-0.15, -0.1) is 0 Å². The Morgan fingerprint density at radius 3 is 1.97 bits per heavy atom. The Labute approximate surface area is 180 Å². The molecule has 170 valence electrons. The molecule has 0 saturated heterocycles. The molecule has 1 nitrogen and oxygen atoms in total. The van der Waals surface area contributed by atoms with Gasteiger partial charge in [0.25, 0.3) is 0 Å². The molecular weight excluding hydrogens is 385 g/mol. The maximum absolute atomic E-state index is 12.5. The Morgan fingerprint density at radius 2 is 1.40 bits per heavy atom. The van der Waals surface area contributed by atoms with E-state index in [0.29, 0.717) is 17.6 Å². The molecular formula is C26H39F3O. The summed E-state index contributed by atoms with van der Waals surface area (Å²) in [5, 5.41) is 0. The van der Waals surface area contributed by atoms with Crippen molar-refractivity contribution < 1.29 is 17.9 Å². The number of ether oxygens (including phenoxy) is 1. The molecule has 2 aliphatic rings. The van der Waals surface area contributed by atoms with E-state index in [4.69, 9.17) is 4.74 Å². The Hall–Kier alpha value is -1.03. The minimum absolute atomic E-state index is 0.365. The highest BCUT2D eigenvalue weighted by Gasteiger charge is 2.32. The first-order valence-electron chi connectivity index (χ1n) is 12.2. The van der Waals surface area contributed by atoms with Crippen LogP contribution in [-0.4, -0.2) is 18.9 Å². The standard InChI is InChI=1S/C26H39F3O/c1-2-3-4-5-18-30-25-16-14-24(15-17-25)23-12-10-22(11-13-23)21-8-6-20(7-9-21)19-26(27,28)29/h6-9,22-25H,2-5,10-19H2,1H3. The lowest BCUT2D eigenvalue weighted by Gasteiger charge is -2.38. The summed E-state index contributed by atoms with van der Waals surface area (Å²) in [6, 6.07) is 7.18. The smallest absolute Gasteiger partial charge is 0.378 e. The lowest BCUT2D eigenvalue weighted by atomic mass is 9.69. The van der Waals surface area contributed by atoms with Crippen LogP contribution < -0.4 is 0 Å².